The van der Waals surface area contributed by atoms with Crippen LogP contribution in [0.15, 0.2) is 78.3 Å². The zero-order valence-electron chi connectivity index (χ0n) is 14.6. The fourth-order valence-corrected chi connectivity index (χ4v) is 4.99. The van der Waals surface area contributed by atoms with E-state index >= 15 is 0 Å². The Labute approximate surface area is 165 Å². The third-order valence-electron chi connectivity index (χ3n) is 4.52. The van der Waals surface area contributed by atoms with Gasteiger partial charge in [0.25, 0.3) is 0 Å². The van der Waals surface area contributed by atoms with Crippen LogP contribution >= 0.6 is 22.7 Å². The number of hydrogen-bond acceptors (Lipinski definition) is 4. The molecule has 5 heteroatoms. The van der Waals surface area contributed by atoms with Gasteiger partial charge in [-0.3, -0.25) is 0 Å². The van der Waals surface area contributed by atoms with E-state index in [0.29, 0.717) is 0 Å². The van der Waals surface area contributed by atoms with Gasteiger partial charge >= 0.3 is 0 Å². The minimum absolute atomic E-state index is 0.856. The molecule has 0 N–H and O–H groups in total. The zero-order valence-corrected chi connectivity index (χ0v) is 16.3. The van der Waals surface area contributed by atoms with E-state index in [2.05, 4.69) is 64.7 Å². The van der Waals surface area contributed by atoms with Crippen LogP contribution in [-0.4, -0.2) is 16.7 Å². The minimum atomic E-state index is 0.856. The molecule has 0 atom stereocenters. The molecule has 0 unspecified atom stereocenters. The number of methoxy groups -OCH3 is 1. The van der Waals surface area contributed by atoms with Crippen molar-refractivity contribution in [1.29, 1.82) is 0 Å². The third-order valence-corrected chi connectivity index (χ3v) is 6.46. The summed E-state index contributed by atoms with van der Waals surface area (Å²) in [7, 11) is 1.69. The van der Waals surface area contributed by atoms with Gasteiger partial charge < -0.3 is 9.30 Å². The molecule has 5 aromatic rings. The quantitative estimate of drug-likeness (QED) is 0.352. The van der Waals surface area contributed by atoms with Crippen molar-refractivity contribution in [1.82, 2.24) is 9.55 Å². The number of para-hydroxylation sites is 1. The first kappa shape index (κ1) is 16.3. The van der Waals surface area contributed by atoms with Crippen molar-refractivity contribution in [2.45, 2.75) is 0 Å². The Morgan fingerprint density at radius 2 is 1.78 bits per heavy atom. The molecule has 0 amide bonds. The Balaban J connectivity index is 1.71. The Bertz CT molecular complexity index is 1170. The number of hydrogen-bond donors (Lipinski definition) is 0. The average molecular weight is 389 g/mol. The highest BCUT2D eigenvalue weighted by Gasteiger charge is 2.18. The summed E-state index contributed by atoms with van der Waals surface area (Å²) in [5, 5.41) is 3.16. The van der Waals surface area contributed by atoms with Gasteiger partial charge in [0.15, 0.2) is 0 Å². The summed E-state index contributed by atoms with van der Waals surface area (Å²) in [6.07, 6.45) is 2.12. The van der Waals surface area contributed by atoms with E-state index in [1.54, 1.807) is 29.8 Å². The molecule has 0 spiro atoms. The number of fused-ring (bicyclic) bond motifs is 1. The van der Waals surface area contributed by atoms with Crippen molar-refractivity contribution < 1.29 is 4.74 Å². The number of nitrogens with zero attached hydrogens (tertiary/aromatic N) is 2. The normalized spacial score (nSPS) is 11.1. The number of benzene rings is 2. The maximum absolute atomic E-state index is 5.30. The van der Waals surface area contributed by atoms with E-state index in [4.69, 9.17) is 9.72 Å². The number of rotatable bonds is 4. The topological polar surface area (TPSA) is 27.1 Å². The second-order valence-corrected chi connectivity index (χ2v) is 8.09. The van der Waals surface area contributed by atoms with Crippen LogP contribution in [0.4, 0.5) is 0 Å². The van der Waals surface area contributed by atoms with Crippen molar-refractivity contribution in [3.63, 3.8) is 0 Å². The Morgan fingerprint density at radius 3 is 2.52 bits per heavy atom. The van der Waals surface area contributed by atoms with Gasteiger partial charge in [0, 0.05) is 17.4 Å². The van der Waals surface area contributed by atoms with Gasteiger partial charge in [-0.2, -0.15) is 0 Å². The first-order chi connectivity index (χ1) is 13.3. The molecule has 0 bridgehead atoms. The summed E-state index contributed by atoms with van der Waals surface area (Å²) in [5.41, 5.74) is 4.49. The second kappa shape index (κ2) is 6.68. The molecule has 2 aromatic carbocycles. The fraction of sp³-hybridized carbons (Fsp3) is 0.0455. The van der Waals surface area contributed by atoms with Gasteiger partial charge in [-0.1, -0.05) is 18.2 Å². The molecule has 27 heavy (non-hydrogen) atoms. The largest absolute Gasteiger partial charge is 0.497 e. The molecule has 0 aliphatic heterocycles. The molecule has 0 aliphatic carbocycles. The lowest BCUT2D eigenvalue weighted by Crippen LogP contribution is -1.95. The molecule has 0 saturated heterocycles. The van der Waals surface area contributed by atoms with Gasteiger partial charge in [-0.05, 0) is 53.9 Å². The maximum atomic E-state index is 5.30. The molecule has 3 nitrogen and oxygen atoms in total. The number of ether oxygens (including phenoxy) is 1. The summed E-state index contributed by atoms with van der Waals surface area (Å²) < 4.78 is 8.74. The Morgan fingerprint density at radius 1 is 0.926 bits per heavy atom. The fourth-order valence-electron chi connectivity index (χ4n) is 3.22. The van der Waals surface area contributed by atoms with Crippen molar-refractivity contribution in [2.24, 2.45) is 0 Å². The molecule has 5 rings (SSSR count). The van der Waals surface area contributed by atoms with Gasteiger partial charge in [-0.25, -0.2) is 4.98 Å². The van der Waals surface area contributed by atoms with Crippen LogP contribution in [0.25, 0.3) is 37.0 Å². The van der Waals surface area contributed by atoms with Crippen molar-refractivity contribution in [3.05, 3.63) is 78.3 Å². The molecule has 0 saturated carbocycles. The lowest BCUT2D eigenvalue weighted by molar-refractivity contribution is 0.415. The summed E-state index contributed by atoms with van der Waals surface area (Å²) in [5.74, 6) is 0.856. The highest BCUT2D eigenvalue weighted by atomic mass is 32.1. The smallest absolute Gasteiger partial charge is 0.126 e. The van der Waals surface area contributed by atoms with Crippen molar-refractivity contribution >= 4 is 32.9 Å². The van der Waals surface area contributed by atoms with E-state index in [9.17, 15) is 0 Å². The highest BCUT2D eigenvalue weighted by Crippen LogP contribution is 2.40. The third kappa shape index (κ3) is 2.85. The van der Waals surface area contributed by atoms with Gasteiger partial charge in [0.1, 0.15) is 10.8 Å². The summed E-state index contributed by atoms with van der Waals surface area (Å²) in [6, 6.07) is 22.9. The zero-order chi connectivity index (χ0) is 18.2. The summed E-state index contributed by atoms with van der Waals surface area (Å²) in [4.78, 5) is 6.10. The van der Waals surface area contributed by atoms with Crippen molar-refractivity contribution in [3.8, 4) is 32.6 Å². The summed E-state index contributed by atoms with van der Waals surface area (Å²) in [6.45, 7) is 0. The van der Waals surface area contributed by atoms with Crippen LogP contribution in [-0.2, 0) is 0 Å². The monoisotopic (exact) mass is 388 g/mol. The predicted molar refractivity (Wildman–Crippen MR) is 114 cm³/mol. The SMILES string of the molecule is COc1ccc(-n2ccc(-c3nc4ccccc4s3)c2-c2cccs2)cc1. The lowest BCUT2D eigenvalue weighted by Gasteiger charge is -2.10. The van der Waals surface area contributed by atoms with E-state index in [1.165, 1.54) is 15.3 Å². The van der Waals surface area contributed by atoms with Gasteiger partial charge in [0.05, 0.1) is 27.9 Å². The Kier molecular flexibility index (Phi) is 4.03. The number of thiazole rings is 1. The van der Waals surface area contributed by atoms with Crippen LogP contribution in [0, 0.1) is 0 Å². The van der Waals surface area contributed by atoms with E-state index in [0.717, 1.165) is 27.5 Å². The van der Waals surface area contributed by atoms with Gasteiger partial charge in [-0.15, -0.1) is 22.7 Å². The lowest BCUT2D eigenvalue weighted by atomic mass is 10.2. The van der Waals surface area contributed by atoms with E-state index in [-0.39, 0.29) is 0 Å². The molecule has 0 radical (unpaired) electrons. The molecule has 0 fully saturated rings. The standard InChI is InChI=1S/C22H16N2OS2/c1-25-16-10-8-15(9-11-16)24-13-12-17(21(24)20-7-4-14-26-20)22-23-18-5-2-3-6-19(18)27-22/h2-14H,1H3. The van der Waals surface area contributed by atoms with E-state index < -0.39 is 0 Å². The molecular formula is C22H16N2OS2. The average Bonchev–Trinajstić information content (AvgIpc) is 3.45. The number of thiophene rings is 1. The number of aromatic nitrogens is 2. The van der Waals surface area contributed by atoms with Crippen LogP contribution < -0.4 is 4.74 Å². The van der Waals surface area contributed by atoms with Crippen molar-refractivity contribution in [2.75, 3.05) is 7.11 Å². The maximum Gasteiger partial charge on any atom is 0.126 e. The first-order valence-electron chi connectivity index (χ1n) is 8.59. The molecule has 3 aromatic heterocycles. The highest BCUT2D eigenvalue weighted by molar-refractivity contribution is 7.21. The second-order valence-electron chi connectivity index (χ2n) is 6.11. The van der Waals surface area contributed by atoms with Crippen LogP contribution in [0.3, 0.4) is 0 Å². The molecule has 132 valence electrons. The van der Waals surface area contributed by atoms with Crippen LogP contribution in [0.1, 0.15) is 0 Å². The molecule has 3 heterocycles. The first-order valence-corrected chi connectivity index (χ1v) is 10.3. The summed E-state index contributed by atoms with van der Waals surface area (Å²) >= 11 is 3.48. The Hall–Kier alpha value is -2.89. The van der Waals surface area contributed by atoms with Crippen LogP contribution in [0.5, 0.6) is 5.75 Å². The van der Waals surface area contributed by atoms with Crippen LogP contribution in [0.2, 0.25) is 0 Å². The van der Waals surface area contributed by atoms with E-state index in [1.807, 2.05) is 18.2 Å². The molecule has 0 aliphatic rings. The van der Waals surface area contributed by atoms with Gasteiger partial charge in [0.2, 0.25) is 0 Å². The molecular weight excluding hydrogens is 372 g/mol. The predicted octanol–water partition coefficient (Wildman–Crippen LogP) is 6.49. The minimum Gasteiger partial charge on any atom is -0.497 e.